The van der Waals surface area contributed by atoms with Crippen LogP contribution < -0.4 is 10.6 Å². The molecule has 0 aliphatic carbocycles. The van der Waals surface area contributed by atoms with Gasteiger partial charge < -0.3 is 15.5 Å². The summed E-state index contributed by atoms with van der Waals surface area (Å²) in [4.78, 5) is 28.7. The molecule has 28 heavy (non-hydrogen) atoms. The molecule has 3 heterocycles. The number of rotatable bonds is 4. The molecular weight excluding hydrogens is 394 g/mol. The lowest BCUT2D eigenvalue weighted by molar-refractivity contribution is -0.116. The number of carbonyl (C=O) groups excluding carboxylic acids is 2. The van der Waals surface area contributed by atoms with Crippen molar-refractivity contribution in [2.24, 2.45) is 0 Å². The number of benzene rings is 1. The first-order valence-electron chi connectivity index (χ1n) is 9.59. The van der Waals surface area contributed by atoms with Crippen LogP contribution in [0.5, 0.6) is 0 Å². The van der Waals surface area contributed by atoms with Gasteiger partial charge in [0.15, 0.2) is 0 Å². The number of halogens is 1. The van der Waals surface area contributed by atoms with Crippen LogP contribution in [0.3, 0.4) is 0 Å². The Morgan fingerprint density at radius 1 is 1.32 bits per heavy atom. The number of carbonyl (C=O) groups is 2. The van der Waals surface area contributed by atoms with E-state index < -0.39 is 0 Å². The van der Waals surface area contributed by atoms with E-state index in [2.05, 4.69) is 22.1 Å². The Bertz CT molecular complexity index is 861. The number of amides is 2. The zero-order chi connectivity index (χ0) is 18.8. The van der Waals surface area contributed by atoms with Crippen LogP contribution in [0.15, 0.2) is 29.6 Å². The van der Waals surface area contributed by atoms with Crippen LogP contribution in [0.2, 0.25) is 0 Å². The first-order chi connectivity index (χ1) is 13.1. The molecule has 5 nitrogen and oxygen atoms in total. The Morgan fingerprint density at radius 2 is 2.18 bits per heavy atom. The highest BCUT2D eigenvalue weighted by molar-refractivity contribution is 7.10. The molecule has 1 aromatic heterocycles. The lowest BCUT2D eigenvalue weighted by atomic mass is 10.0. The van der Waals surface area contributed by atoms with Crippen molar-refractivity contribution in [2.45, 2.75) is 45.2 Å². The number of anilines is 1. The van der Waals surface area contributed by atoms with E-state index in [1.165, 1.54) is 10.4 Å². The fourth-order valence-electron chi connectivity index (χ4n) is 3.95. The van der Waals surface area contributed by atoms with Crippen molar-refractivity contribution >= 4 is 41.2 Å². The first kappa shape index (κ1) is 20.8. The van der Waals surface area contributed by atoms with Crippen molar-refractivity contribution in [3.8, 4) is 0 Å². The van der Waals surface area contributed by atoms with Crippen molar-refractivity contribution in [3.05, 3.63) is 51.2 Å². The summed E-state index contributed by atoms with van der Waals surface area (Å²) in [6.07, 6.45) is 3.57. The van der Waals surface area contributed by atoms with E-state index in [1.807, 2.05) is 30.0 Å². The molecule has 0 radical (unpaired) electrons. The molecule has 2 amide bonds. The molecule has 1 aromatic carbocycles. The highest BCUT2D eigenvalue weighted by Gasteiger charge is 2.24. The Hall–Kier alpha value is -1.89. The summed E-state index contributed by atoms with van der Waals surface area (Å²) in [6, 6.07) is 7.96. The van der Waals surface area contributed by atoms with Gasteiger partial charge in [-0.2, -0.15) is 0 Å². The summed E-state index contributed by atoms with van der Waals surface area (Å²) >= 11 is 1.77. The van der Waals surface area contributed by atoms with Crippen LogP contribution in [0.1, 0.15) is 45.6 Å². The Balaban J connectivity index is 0.00000225. The number of nitrogens with zero attached hydrogens (tertiary/aromatic N) is 1. The van der Waals surface area contributed by atoms with Crippen LogP contribution in [0.25, 0.3) is 0 Å². The minimum absolute atomic E-state index is 0. The second kappa shape index (κ2) is 9.07. The molecule has 4 rings (SSSR count). The summed E-state index contributed by atoms with van der Waals surface area (Å²) < 4.78 is 0. The van der Waals surface area contributed by atoms with E-state index in [0.29, 0.717) is 18.5 Å². The van der Waals surface area contributed by atoms with E-state index in [1.54, 1.807) is 11.3 Å². The molecule has 1 saturated heterocycles. The summed E-state index contributed by atoms with van der Waals surface area (Å²) in [5, 5.41) is 8.44. The number of hydrogen-bond acceptors (Lipinski definition) is 4. The van der Waals surface area contributed by atoms with Crippen LogP contribution in [0.4, 0.5) is 5.69 Å². The Kier molecular flexibility index (Phi) is 6.75. The number of hydrogen-bond donors (Lipinski definition) is 2. The topological polar surface area (TPSA) is 61.4 Å². The molecule has 0 spiro atoms. The van der Waals surface area contributed by atoms with Gasteiger partial charge in [-0.3, -0.25) is 9.59 Å². The first-order valence-corrected chi connectivity index (χ1v) is 10.5. The third-order valence-corrected chi connectivity index (χ3v) is 6.55. The predicted octanol–water partition coefficient (Wildman–Crippen LogP) is 3.76. The highest BCUT2D eigenvalue weighted by Crippen LogP contribution is 2.27. The fourth-order valence-corrected chi connectivity index (χ4v) is 4.84. The summed E-state index contributed by atoms with van der Waals surface area (Å²) in [5.41, 5.74) is 3.50. The molecular formula is C21H26ClN3O2S. The van der Waals surface area contributed by atoms with Gasteiger partial charge in [0.2, 0.25) is 5.91 Å². The van der Waals surface area contributed by atoms with Gasteiger partial charge in [0.25, 0.3) is 5.91 Å². The maximum Gasteiger partial charge on any atom is 0.254 e. The van der Waals surface area contributed by atoms with Gasteiger partial charge >= 0.3 is 0 Å². The number of fused-ring (bicyclic) bond motifs is 1. The molecule has 2 aliphatic rings. The molecule has 0 saturated carbocycles. The van der Waals surface area contributed by atoms with E-state index in [9.17, 15) is 9.59 Å². The van der Waals surface area contributed by atoms with Gasteiger partial charge in [0.1, 0.15) is 0 Å². The quantitative estimate of drug-likeness (QED) is 0.793. The molecule has 1 atom stereocenters. The molecule has 2 aliphatic heterocycles. The molecule has 7 heteroatoms. The normalized spacial score (nSPS) is 18.3. The van der Waals surface area contributed by atoms with Crippen molar-refractivity contribution in [1.29, 1.82) is 0 Å². The zero-order valence-corrected chi connectivity index (χ0v) is 17.6. The van der Waals surface area contributed by atoms with Gasteiger partial charge in [-0.05, 0) is 67.4 Å². The Labute approximate surface area is 175 Å². The zero-order valence-electron chi connectivity index (χ0n) is 16.0. The van der Waals surface area contributed by atoms with Gasteiger partial charge in [-0.1, -0.05) is 6.07 Å². The maximum absolute atomic E-state index is 13.1. The van der Waals surface area contributed by atoms with Gasteiger partial charge in [0.05, 0.1) is 0 Å². The van der Waals surface area contributed by atoms with Crippen molar-refractivity contribution < 1.29 is 9.59 Å². The van der Waals surface area contributed by atoms with Crippen LogP contribution in [-0.4, -0.2) is 35.8 Å². The molecule has 2 N–H and O–H groups in total. The second-order valence-electron chi connectivity index (χ2n) is 7.37. The van der Waals surface area contributed by atoms with E-state index >= 15 is 0 Å². The third kappa shape index (κ3) is 4.40. The molecule has 150 valence electrons. The third-order valence-electron chi connectivity index (χ3n) is 5.53. The standard InChI is InChI=1S/C21H25N3O2S.ClH/c1-14-17(21(26)24-10-7-19-15(13-24)8-11-27-19)5-2-6-18(14)23-20(25)12-16-4-3-9-22-16;/h2,5-6,8,11,16,22H,3-4,7,9-10,12-13H2,1H3,(H,23,25);1H. The average Bonchev–Trinajstić information content (AvgIpc) is 3.33. The summed E-state index contributed by atoms with van der Waals surface area (Å²) in [7, 11) is 0. The SMILES string of the molecule is Cc1c(NC(=O)CC2CCCN2)cccc1C(=O)N1CCc2sccc2C1.Cl. The minimum atomic E-state index is 0. The molecule has 0 bridgehead atoms. The smallest absolute Gasteiger partial charge is 0.254 e. The Morgan fingerprint density at radius 3 is 2.96 bits per heavy atom. The maximum atomic E-state index is 13.1. The van der Waals surface area contributed by atoms with Crippen molar-refractivity contribution in [3.63, 3.8) is 0 Å². The van der Waals surface area contributed by atoms with Gasteiger partial charge in [0, 0.05) is 41.7 Å². The minimum Gasteiger partial charge on any atom is -0.334 e. The van der Waals surface area contributed by atoms with Crippen LogP contribution in [0, 0.1) is 6.92 Å². The van der Waals surface area contributed by atoms with Crippen LogP contribution in [-0.2, 0) is 17.8 Å². The number of nitrogens with one attached hydrogen (secondary N) is 2. The van der Waals surface area contributed by atoms with Crippen molar-refractivity contribution in [1.82, 2.24) is 10.2 Å². The summed E-state index contributed by atoms with van der Waals surface area (Å²) in [5.74, 6) is 0.0425. The number of thiophene rings is 1. The summed E-state index contributed by atoms with van der Waals surface area (Å²) in [6.45, 7) is 4.32. The van der Waals surface area contributed by atoms with E-state index in [0.717, 1.165) is 43.6 Å². The fraction of sp³-hybridized carbons (Fsp3) is 0.429. The van der Waals surface area contributed by atoms with E-state index in [-0.39, 0.29) is 30.3 Å². The van der Waals surface area contributed by atoms with E-state index in [4.69, 9.17) is 0 Å². The van der Waals surface area contributed by atoms with Gasteiger partial charge in [-0.15, -0.1) is 23.7 Å². The second-order valence-corrected chi connectivity index (χ2v) is 8.37. The average molecular weight is 420 g/mol. The highest BCUT2D eigenvalue weighted by atomic mass is 35.5. The molecule has 2 aromatic rings. The lowest BCUT2D eigenvalue weighted by Gasteiger charge is -2.28. The van der Waals surface area contributed by atoms with Gasteiger partial charge in [-0.25, -0.2) is 0 Å². The monoisotopic (exact) mass is 419 g/mol. The lowest BCUT2D eigenvalue weighted by Crippen LogP contribution is -2.35. The molecule has 1 unspecified atom stereocenters. The predicted molar refractivity (Wildman–Crippen MR) is 115 cm³/mol. The van der Waals surface area contributed by atoms with Crippen LogP contribution >= 0.6 is 23.7 Å². The largest absolute Gasteiger partial charge is 0.334 e. The molecule has 1 fully saturated rings. The van der Waals surface area contributed by atoms with Crippen molar-refractivity contribution in [2.75, 3.05) is 18.4 Å².